The number of amidine groups is 1. The molecule has 4 nitrogen and oxygen atoms in total. The normalized spacial score (nSPS) is 25.2. The van der Waals surface area contributed by atoms with E-state index in [-0.39, 0.29) is 5.41 Å². The highest BCUT2D eigenvalue weighted by Gasteiger charge is 2.30. The molecule has 0 bridgehead atoms. The summed E-state index contributed by atoms with van der Waals surface area (Å²) in [6.45, 7) is 10.1. The van der Waals surface area contributed by atoms with Gasteiger partial charge in [-0.25, -0.2) is 0 Å². The molecule has 1 fully saturated rings. The quantitative estimate of drug-likeness (QED) is 0.422. The predicted octanol–water partition coefficient (Wildman–Crippen LogP) is 2.00. The minimum atomic E-state index is -0.134. The van der Waals surface area contributed by atoms with Gasteiger partial charge in [-0.2, -0.15) is 0 Å². The molecule has 1 aliphatic heterocycles. The highest BCUT2D eigenvalue weighted by atomic mass is 15.2. The number of hydrogen-bond donors (Lipinski definition) is 2. The Balaban J connectivity index is 2.23. The van der Waals surface area contributed by atoms with Gasteiger partial charge in [-0.3, -0.25) is 5.41 Å². The Morgan fingerprint density at radius 3 is 2.42 bits per heavy atom. The average Bonchev–Trinajstić information content (AvgIpc) is 2.66. The monoisotopic (exact) mass is 268 g/mol. The molecule has 0 spiro atoms. The summed E-state index contributed by atoms with van der Waals surface area (Å²) < 4.78 is 0. The Labute approximate surface area is 118 Å². The first-order chi connectivity index (χ1) is 8.74. The fraction of sp³-hybridized carbons (Fsp3) is 0.933. The third-order valence-electron chi connectivity index (χ3n) is 4.57. The van der Waals surface area contributed by atoms with E-state index in [1.165, 1.54) is 26.1 Å². The van der Waals surface area contributed by atoms with Crippen LogP contribution in [0.5, 0.6) is 0 Å². The molecule has 19 heavy (non-hydrogen) atoms. The van der Waals surface area contributed by atoms with Crippen molar-refractivity contribution in [1.82, 2.24) is 9.80 Å². The summed E-state index contributed by atoms with van der Waals surface area (Å²) in [4.78, 5) is 4.93. The predicted molar refractivity (Wildman–Crippen MR) is 82.6 cm³/mol. The highest BCUT2D eigenvalue weighted by Crippen LogP contribution is 2.24. The van der Waals surface area contributed by atoms with Crippen LogP contribution < -0.4 is 5.73 Å². The Kier molecular flexibility index (Phi) is 5.81. The lowest BCUT2D eigenvalue weighted by Gasteiger charge is -2.24. The van der Waals surface area contributed by atoms with Gasteiger partial charge < -0.3 is 15.5 Å². The molecule has 0 aromatic carbocycles. The van der Waals surface area contributed by atoms with Crippen molar-refractivity contribution in [1.29, 1.82) is 5.41 Å². The van der Waals surface area contributed by atoms with Crippen molar-refractivity contribution in [3.05, 3.63) is 0 Å². The lowest BCUT2D eigenvalue weighted by molar-refractivity contribution is 0.250. The van der Waals surface area contributed by atoms with E-state index in [4.69, 9.17) is 11.1 Å². The minimum Gasteiger partial charge on any atom is -0.387 e. The molecule has 1 rings (SSSR count). The summed E-state index contributed by atoms with van der Waals surface area (Å²) in [5, 5.41) is 7.56. The van der Waals surface area contributed by atoms with Crippen LogP contribution in [0.3, 0.4) is 0 Å². The van der Waals surface area contributed by atoms with Crippen LogP contribution in [0.15, 0.2) is 0 Å². The molecular weight excluding hydrogens is 236 g/mol. The van der Waals surface area contributed by atoms with Gasteiger partial charge in [0.05, 0.1) is 5.84 Å². The average molecular weight is 268 g/mol. The Hall–Kier alpha value is -0.610. The van der Waals surface area contributed by atoms with Crippen LogP contribution in [-0.4, -0.2) is 55.4 Å². The molecule has 1 saturated heterocycles. The molecule has 1 aliphatic rings. The van der Waals surface area contributed by atoms with Gasteiger partial charge in [0, 0.05) is 24.5 Å². The first kappa shape index (κ1) is 16.4. The van der Waals surface area contributed by atoms with E-state index in [2.05, 4.69) is 44.7 Å². The zero-order chi connectivity index (χ0) is 14.6. The zero-order valence-corrected chi connectivity index (χ0v) is 13.4. The van der Waals surface area contributed by atoms with Gasteiger partial charge in [0.1, 0.15) is 0 Å². The molecule has 1 heterocycles. The van der Waals surface area contributed by atoms with Crippen LogP contribution in [0.1, 0.15) is 40.0 Å². The van der Waals surface area contributed by atoms with Crippen molar-refractivity contribution in [2.45, 2.75) is 46.1 Å². The molecule has 0 aliphatic carbocycles. The lowest BCUT2D eigenvalue weighted by Crippen LogP contribution is -2.34. The SMILES string of the molecule is CC1CN(CCCCC(C)(C)C(=N)N)CC1N(C)C. The van der Waals surface area contributed by atoms with E-state index >= 15 is 0 Å². The Bertz CT molecular complexity index is 299. The molecule has 2 unspecified atom stereocenters. The maximum atomic E-state index is 7.56. The Morgan fingerprint density at radius 1 is 1.32 bits per heavy atom. The second-order valence-corrected chi connectivity index (χ2v) is 7.02. The van der Waals surface area contributed by atoms with E-state index in [9.17, 15) is 0 Å². The van der Waals surface area contributed by atoms with Gasteiger partial charge in [0.2, 0.25) is 0 Å². The van der Waals surface area contributed by atoms with Crippen LogP contribution in [0.2, 0.25) is 0 Å². The molecule has 0 aromatic heterocycles. The van der Waals surface area contributed by atoms with Gasteiger partial charge in [-0.1, -0.05) is 27.2 Å². The van der Waals surface area contributed by atoms with E-state index in [1.807, 2.05) is 0 Å². The molecule has 4 heteroatoms. The largest absolute Gasteiger partial charge is 0.387 e. The molecule has 2 atom stereocenters. The molecular formula is C15H32N4. The third kappa shape index (κ3) is 4.77. The van der Waals surface area contributed by atoms with Gasteiger partial charge in [-0.05, 0) is 39.4 Å². The van der Waals surface area contributed by atoms with Crippen molar-refractivity contribution in [2.24, 2.45) is 17.1 Å². The molecule has 112 valence electrons. The van der Waals surface area contributed by atoms with E-state index < -0.39 is 0 Å². The van der Waals surface area contributed by atoms with E-state index in [0.29, 0.717) is 11.9 Å². The summed E-state index contributed by atoms with van der Waals surface area (Å²) in [6.07, 6.45) is 3.39. The topological polar surface area (TPSA) is 56.4 Å². The summed E-state index contributed by atoms with van der Waals surface area (Å²) in [7, 11) is 4.36. The summed E-state index contributed by atoms with van der Waals surface area (Å²) in [6, 6.07) is 0.702. The number of rotatable bonds is 7. The van der Waals surface area contributed by atoms with Gasteiger partial charge >= 0.3 is 0 Å². The van der Waals surface area contributed by atoms with Crippen LogP contribution in [0.25, 0.3) is 0 Å². The standard InChI is InChI=1S/C15H32N4/c1-12-10-19(11-13(12)18(4)5)9-7-6-8-15(2,3)14(16)17/h12-13H,6-11H2,1-5H3,(H3,16,17). The number of hydrogen-bond acceptors (Lipinski definition) is 3. The number of nitrogens with two attached hydrogens (primary N) is 1. The maximum absolute atomic E-state index is 7.56. The number of likely N-dealkylation sites (tertiary alicyclic amines) is 1. The van der Waals surface area contributed by atoms with Gasteiger partial charge in [0.15, 0.2) is 0 Å². The highest BCUT2D eigenvalue weighted by molar-refractivity contribution is 5.82. The number of unbranched alkanes of at least 4 members (excludes halogenated alkanes) is 1. The minimum absolute atomic E-state index is 0.134. The smallest absolute Gasteiger partial charge is 0.0963 e. The first-order valence-corrected chi connectivity index (χ1v) is 7.47. The summed E-state index contributed by atoms with van der Waals surface area (Å²) in [5.41, 5.74) is 5.48. The van der Waals surface area contributed by atoms with Crippen LogP contribution in [-0.2, 0) is 0 Å². The zero-order valence-electron chi connectivity index (χ0n) is 13.4. The first-order valence-electron chi connectivity index (χ1n) is 7.47. The van der Waals surface area contributed by atoms with Gasteiger partial charge in [-0.15, -0.1) is 0 Å². The fourth-order valence-corrected chi connectivity index (χ4v) is 2.94. The molecule has 0 saturated carbocycles. The molecule has 0 amide bonds. The third-order valence-corrected chi connectivity index (χ3v) is 4.57. The van der Waals surface area contributed by atoms with Crippen LogP contribution >= 0.6 is 0 Å². The van der Waals surface area contributed by atoms with Crippen molar-refractivity contribution in [3.63, 3.8) is 0 Å². The van der Waals surface area contributed by atoms with Crippen molar-refractivity contribution in [3.8, 4) is 0 Å². The van der Waals surface area contributed by atoms with Crippen molar-refractivity contribution < 1.29 is 0 Å². The number of nitrogens with one attached hydrogen (secondary N) is 1. The Morgan fingerprint density at radius 2 is 1.95 bits per heavy atom. The molecule has 0 radical (unpaired) electrons. The number of likely N-dealkylation sites (N-methyl/N-ethyl adjacent to an activating group) is 1. The van der Waals surface area contributed by atoms with E-state index in [1.54, 1.807) is 0 Å². The van der Waals surface area contributed by atoms with Crippen molar-refractivity contribution in [2.75, 3.05) is 33.7 Å². The second kappa shape index (κ2) is 6.71. The molecule has 0 aromatic rings. The fourth-order valence-electron chi connectivity index (χ4n) is 2.94. The van der Waals surface area contributed by atoms with Gasteiger partial charge in [0.25, 0.3) is 0 Å². The lowest BCUT2D eigenvalue weighted by atomic mass is 9.86. The molecule has 3 N–H and O–H groups in total. The maximum Gasteiger partial charge on any atom is 0.0963 e. The summed E-state index contributed by atoms with van der Waals surface area (Å²) in [5.74, 6) is 1.08. The van der Waals surface area contributed by atoms with Crippen LogP contribution in [0.4, 0.5) is 0 Å². The second-order valence-electron chi connectivity index (χ2n) is 7.02. The van der Waals surface area contributed by atoms with Crippen molar-refractivity contribution >= 4 is 5.84 Å². The van der Waals surface area contributed by atoms with E-state index in [0.717, 1.165) is 18.8 Å². The number of nitrogens with zero attached hydrogens (tertiary/aromatic N) is 2. The summed E-state index contributed by atoms with van der Waals surface area (Å²) >= 11 is 0. The van der Waals surface area contributed by atoms with Crippen LogP contribution in [0, 0.1) is 16.7 Å².